The Morgan fingerprint density at radius 3 is 2.86 bits per heavy atom. The zero-order valence-corrected chi connectivity index (χ0v) is 8.95. The van der Waals surface area contributed by atoms with Crippen LogP contribution in [0.5, 0.6) is 0 Å². The zero-order chi connectivity index (χ0) is 10.6. The lowest BCUT2D eigenvalue weighted by Crippen LogP contribution is -2.37. The number of ether oxygens (including phenoxy) is 1. The Kier molecular flexibility index (Phi) is 4.78. The molecule has 0 spiro atoms. The van der Waals surface area contributed by atoms with Gasteiger partial charge in [0.25, 0.3) is 0 Å². The number of aliphatic hydroxyl groups excluding tert-OH is 1. The van der Waals surface area contributed by atoms with Gasteiger partial charge in [0.1, 0.15) is 6.67 Å². The number of aliphatic hydroxyl groups is 1. The van der Waals surface area contributed by atoms with Crippen LogP contribution < -0.4 is 0 Å². The second-order valence-corrected chi connectivity index (χ2v) is 4.11. The SMILES string of the molecule is CC1CCN(CC(O)CF)CC(C)O1. The molecule has 0 amide bonds. The standard InChI is InChI=1S/C10H20FNO2/c1-8-3-4-12(6-9(2)14-8)7-10(13)5-11/h8-10,13H,3-7H2,1-2H3. The monoisotopic (exact) mass is 205 g/mol. The highest BCUT2D eigenvalue weighted by molar-refractivity contribution is 4.72. The minimum absolute atomic E-state index is 0.166. The Morgan fingerprint density at radius 1 is 1.50 bits per heavy atom. The van der Waals surface area contributed by atoms with E-state index < -0.39 is 12.8 Å². The van der Waals surface area contributed by atoms with Gasteiger partial charge in [-0.25, -0.2) is 4.39 Å². The molecule has 0 saturated carbocycles. The van der Waals surface area contributed by atoms with Gasteiger partial charge in [-0.3, -0.25) is 4.90 Å². The van der Waals surface area contributed by atoms with E-state index in [2.05, 4.69) is 4.90 Å². The number of hydrogen-bond donors (Lipinski definition) is 1. The van der Waals surface area contributed by atoms with E-state index in [1.807, 2.05) is 13.8 Å². The van der Waals surface area contributed by atoms with E-state index in [-0.39, 0.29) is 12.2 Å². The van der Waals surface area contributed by atoms with Crippen molar-refractivity contribution < 1.29 is 14.2 Å². The molecule has 0 aromatic heterocycles. The maximum Gasteiger partial charge on any atom is 0.117 e. The first kappa shape index (κ1) is 11.9. The normalized spacial score (nSPS) is 32.6. The van der Waals surface area contributed by atoms with Crippen LogP contribution in [0.2, 0.25) is 0 Å². The van der Waals surface area contributed by atoms with Crippen molar-refractivity contribution in [1.29, 1.82) is 0 Å². The largest absolute Gasteiger partial charge is 0.389 e. The average molecular weight is 205 g/mol. The van der Waals surface area contributed by atoms with Gasteiger partial charge in [0, 0.05) is 19.6 Å². The topological polar surface area (TPSA) is 32.7 Å². The highest BCUT2D eigenvalue weighted by Gasteiger charge is 2.20. The van der Waals surface area contributed by atoms with Crippen LogP contribution in [0.1, 0.15) is 20.3 Å². The van der Waals surface area contributed by atoms with Gasteiger partial charge in [-0.05, 0) is 20.3 Å². The van der Waals surface area contributed by atoms with Crippen LogP contribution in [-0.2, 0) is 4.74 Å². The Hall–Kier alpha value is -0.190. The molecule has 14 heavy (non-hydrogen) atoms. The Balaban J connectivity index is 2.37. The molecular formula is C10H20FNO2. The summed E-state index contributed by atoms with van der Waals surface area (Å²) in [6.45, 7) is 5.46. The molecular weight excluding hydrogens is 185 g/mol. The first-order valence-corrected chi connectivity index (χ1v) is 5.23. The molecule has 3 nitrogen and oxygen atoms in total. The highest BCUT2D eigenvalue weighted by Crippen LogP contribution is 2.11. The molecule has 3 atom stereocenters. The fourth-order valence-corrected chi connectivity index (χ4v) is 1.84. The first-order valence-electron chi connectivity index (χ1n) is 5.23. The van der Waals surface area contributed by atoms with E-state index in [1.165, 1.54) is 0 Å². The van der Waals surface area contributed by atoms with Crippen molar-refractivity contribution in [2.75, 3.05) is 26.3 Å². The quantitative estimate of drug-likeness (QED) is 0.740. The van der Waals surface area contributed by atoms with E-state index in [0.717, 1.165) is 19.5 Å². The first-order chi connectivity index (χ1) is 6.61. The summed E-state index contributed by atoms with van der Waals surface area (Å²) in [4.78, 5) is 2.07. The third-order valence-electron chi connectivity index (χ3n) is 2.48. The van der Waals surface area contributed by atoms with Crippen molar-refractivity contribution in [1.82, 2.24) is 4.90 Å². The third kappa shape index (κ3) is 3.90. The summed E-state index contributed by atoms with van der Waals surface area (Å²) in [5.74, 6) is 0. The van der Waals surface area contributed by atoms with Crippen LogP contribution in [0.4, 0.5) is 4.39 Å². The minimum atomic E-state index is -0.851. The van der Waals surface area contributed by atoms with Crippen LogP contribution >= 0.6 is 0 Å². The Labute approximate surface area is 84.9 Å². The minimum Gasteiger partial charge on any atom is -0.389 e. The average Bonchev–Trinajstić information content (AvgIpc) is 2.27. The van der Waals surface area contributed by atoms with Crippen molar-refractivity contribution in [3.8, 4) is 0 Å². The molecule has 0 radical (unpaired) electrons. The van der Waals surface area contributed by atoms with Crippen molar-refractivity contribution in [3.63, 3.8) is 0 Å². The van der Waals surface area contributed by atoms with Gasteiger partial charge in [0.15, 0.2) is 0 Å². The van der Waals surface area contributed by atoms with E-state index in [4.69, 9.17) is 4.74 Å². The number of hydrogen-bond acceptors (Lipinski definition) is 3. The molecule has 84 valence electrons. The highest BCUT2D eigenvalue weighted by atomic mass is 19.1. The second kappa shape index (κ2) is 5.63. The number of β-amino-alcohol motifs (C(OH)–C–C–N with tert-alkyl or cyclic N) is 1. The van der Waals surface area contributed by atoms with Crippen LogP contribution in [0.3, 0.4) is 0 Å². The smallest absolute Gasteiger partial charge is 0.117 e. The van der Waals surface area contributed by atoms with E-state index in [9.17, 15) is 9.50 Å². The lowest BCUT2D eigenvalue weighted by Gasteiger charge is -2.23. The van der Waals surface area contributed by atoms with Crippen molar-refractivity contribution in [3.05, 3.63) is 0 Å². The van der Waals surface area contributed by atoms with Gasteiger partial charge < -0.3 is 9.84 Å². The lowest BCUT2D eigenvalue weighted by atomic mass is 10.2. The van der Waals surface area contributed by atoms with Crippen LogP contribution in [0.15, 0.2) is 0 Å². The summed E-state index contributed by atoms with van der Waals surface area (Å²) in [6, 6.07) is 0. The molecule has 3 unspecified atom stereocenters. The van der Waals surface area contributed by atoms with Gasteiger partial charge in [-0.2, -0.15) is 0 Å². The fourth-order valence-electron chi connectivity index (χ4n) is 1.84. The predicted octanol–water partition coefficient (Wildman–Crippen LogP) is 0.816. The van der Waals surface area contributed by atoms with Gasteiger partial charge in [0.2, 0.25) is 0 Å². The Morgan fingerprint density at radius 2 is 2.21 bits per heavy atom. The van der Waals surface area contributed by atoms with E-state index in [0.29, 0.717) is 6.54 Å². The van der Waals surface area contributed by atoms with Crippen molar-refractivity contribution in [2.24, 2.45) is 0 Å². The summed E-state index contributed by atoms with van der Waals surface area (Å²) < 4.78 is 17.7. The van der Waals surface area contributed by atoms with Crippen molar-refractivity contribution >= 4 is 0 Å². The Bertz CT molecular complexity index is 166. The summed E-state index contributed by atoms with van der Waals surface area (Å²) >= 11 is 0. The molecule has 1 aliphatic heterocycles. The molecule has 0 aromatic rings. The zero-order valence-electron chi connectivity index (χ0n) is 8.95. The number of nitrogens with zero attached hydrogens (tertiary/aromatic N) is 1. The molecule has 4 heteroatoms. The van der Waals surface area contributed by atoms with E-state index in [1.54, 1.807) is 0 Å². The second-order valence-electron chi connectivity index (χ2n) is 4.11. The maximum atomic E-state index is 12.1. The van der Waals surface area contributed by atoms with E-state index >= 15 is 0 Å². The summed E-state index contributed by atoms with van der Waals surface area (Å²) in [5.41, 5.74) is 0. The van der Waals surface area contributed by atoms with Gasteiger partial charge in [-0.1, -0.05) is 0 Å². The lowest BCUT2D eigenvalue weighted by molar-refractivity contribution is 0.0104. The molecule has 1 fully saturated rings. The van der Waals surface area contributed by atoms with Crippen LogP contribution in [-0.4, -0.2) is 54.6 Å². The molecule has 1 saturated heterocycles. The van der Waals surface area contributed by atoms with Gasteiger partial charge in [0.05, 0.1) is 18.3 Å². The number of rotatable bonds is 3. The molecule has 1 heterocycles. The molecule has 0 aromatic carbocycles. The van der Waals surface area contributed by atoms with Crippen molar-refractivity contribution in [2.45, 2.75) is 38.6 Å². The fraction of sp³-hybridized carbons (Fsp3) is 1.00. The maximum absolute atomic E-state index is 12.1. The summed E-state index contributed by atoms with van der Waals surface area (Å²) in [6.07, 6.45) is 0.524. The number of halogens is 1. The van der Waals surface area contributed by atoms with Crippen LogP contribution in [0.25, 0.3) is 0 Å². The summed E-state index contributed by atoms with van der Waals surface area (Å²) in [5, 5.41) is 9.20. The summed E-state index contributed by atoms with van der Waals surface area (Å²) in [7, 11) is 0. The molecule has 1 rings (SSSR count). The van der Waals surface area contributed by atoms with Gasteiger partial charge in [-0.15, -0.1) is 0 Å². The molecule has 1 N–H and O–H groups in total. The molecule has 0 aliphatic carbocycles. The number of alkyl halides is 1. The third-order valence-corrected chi connectivity index (χ3v) is 2.48. The van der Waals surface area contributed by atoms with Crippen LogP contribution in [0, 0.1) is 0 Å². The molecule has 0 bridgehead atoms. The van der Waals surface area contributed by atoms with Gasteiger partial charge >= 0.3 is 0 Å². The molecule has 1 aliphatic rings. The predicted molar refractivity (Wildman–Crippen MR) is 53.0 cm³/mol.